The highest BCUT2D eigenvalue weighted by Gasteiger charge is 2.22. The Bertz CT molecular complexity index is 386. The van der Waals surface area contributed by atoms with Gasteiger partial charge < -0.3 is 15.4 Å². The second kappa shape index (κ2) is 5.99. The van der Waals surface area contributed by atoms with Gasteiger partial charge in [-0.25, -0.2) is 4.98 Å². The maximum atomic E-state index is 5.81. The highest BCUT2D eigenvalue weighted by Crippen LogP contribution is 2.32. The molecule has 0 saturated carbocycles. The first-order chi connectivity index (χ1) is 8.63. The first-order valence-corrected chi connectivity index (χ1v) is 7.45. The Labute approximate surface area is 113 Å². The number of nitrogens with zero attached hydrogens (tertiary/aromatic N) is 2. The third-order valence-electron chi connectivity index (χ3n) is 3.49. The van der Waals surface area contributed by atoms with Crippen LogP contribution >= 0.6 is 11.3 Å². The molecule has 1 aromatic heterocycles. The van der Waals surface area contributed by atoms with Crippen LogP contribution in [0.4, 0.5) is 5.13 Å². The van der Waals surface area contributed by atoms with Crippen molar-refractivity contribution in [1.82, 2.24) is 4.98 Å². The number of thiazole rings is 1. The molecule has 2 rings (SSSR count). The van der Waals surface area contributed by atoms with E-state index in [0.29, 0.717) is 18.5 Å². The molecule has 1 aliphatic rings. The fourth-order valence-electron chi connectivity index (χ4n) is 2.33. The predicted molar refractivity (Wildman–Crippen MR) is 76.3 cm³/mol. The zero-order valence-corrected chi connectivity index (χ0v) is 12.3. The highest BCUT2D eigenvalue weighted by atomic mass is 32.1. The van der Waals surface area contributed by atoms with Gasteiger partial charge in [-0.2, -0.15) is 0 Å². The molecule has 1 saturated heterocycles. The van der Waals surface area contributed by atoms with E-state index in [1.807, 2.05) is 0 Å². The summed E-state index contributed by atoms with van der Waals surface area (Å²) in [6, 6.07) is 0.551. The fourth-order valence-corrected chi connectivity index (χ4v) is 3.45. The first kappa shape index (κ1) is 13.8. The Balaban J connectivity index is 2.16. The monoisotopic (exact) mass is 269 g/mol. The van der Waals surface area contributed by atoms with E-state index < -0.39 is 0 Å². The summed E-state index contributed by atoms with van der Waals surface area (Å²) < 4.78 is 5.41. The van der Waals surface area contributed by atoms with Crippen LogP contribution in [0, 0.1) is 0 Å². The van der Waals surface area contributed by atoms with Crippen molar-refractivity contribution < 1.29 is 4.74 Å². The van der Waals surface area contributed by atoms with Gasteiger partial charge in [0, 0.05) is 37.7 Å². The van der Waals surface area contributed by atoms with E-state index in [9.17, 15) is 0 Å². The molecule has 102 valence electrons. The Kier molecular flexibility index (Phi) is 4.59. The lowest BCUT2D eigenvalue weighted by atomic mass is 10.1. The molecule has 1 aliphatic heterocycles. The molecule has 0 spiro atoms. The summed E-state index contributed by atoms with van der Waals surface area (Å²) in [5.41, 5.74) is 6.98. The number of hydrogen-bond donors (Lipinski definition) is 1. The summed E-state index contributed by atoms with van der Waals surface area (Å²) in [6.07, 6.45) is 2.18. The molecule has 1 aromatic rings. The quantitative estimate of drug-likeness (QED) is 0.911. The first-order valence-electron chi connectivity index (χ1n) is 6.63. The molecule has 0 bridgehead atoms. The standard InChI is InChI=1S/C13H23N3OS/c1-9(2)12-11(8-14)18-13(15-12)16(3)10-4-6-17-7-5-10/h9-10H,4-8,14H2,1-3H3. The molecule has 0 atom stereocenters. The normalized spacial score (nSPS) is 17.4. The molecular weight excluding hydrogens is 246 g/mol. The van der Waals surface area contributed by atoms with E-state index in [4.69, 9.17) is 15.5 Å². The third kappa shape index (κ3) is 2.84. The van der Waals surface area contributed by atoms with E-state index in [1.54, 1.807) is 11.3 Å². The number of hydrogen-bond acceptors (Lipinski definition) is 5. The molecule has 2 heterocycles. The summed E-state index contributed by atoms with van der Waals surface area (Å²) >= 11 is 1.74. The average molecular weight is 269 g/mol. The van der Waals surface area contributed by atoms with Gasteiger partial charge in [0.05, 0.1) is 5.69 Å². The van der Waals surface area contributed by atoms with Crippen molar-refractivity contribution in [1.29, 1.82) is 0 Å². The van der Waals surface area contributed by atoms with Crippen molar-refractivity contribution in [2.75, 3.05) is 25.2 Å². The van der Waals surface area contributed by atoms with Crippen molar-refractivity contribution in [3.8, 4) is 0 Å². The van der Waals surface area contributed by atoms with Gasteiger partial charge in [-0.15, -0.1) is 11.3 Å². The third-order valence-corrected chi connectivity index (χ3v) is 4.67. The van der Waals surface area contributed by atoms with E-state index in [2.05, 4.69) is 25.8 Å². The second-order valence-corrected chi connectivity index (χ2v) is 6.18. The maximum Gasteiger partial charge on any atom is 0.185 e. The van der Waals surface area contributed by atoms with E-state index in [-0.39, 0.29) is 0 Å². The maximum absolute atomic E-state index is 5.81. The van der Waals surface area contributed by atoms with Crippen LogP contribution in [-0.2, 0) is 11.3 Å². The van der Waals surface area contributed by atoms with Gasteiger partial charge in [0.2, 0.25) is 0 Å². The zero-order chi connectivity index (χ0) is 13.1. The fraction of sp³-hybridized carbons (Fsp3) is 0.769. The molecule has 0 radical (unpaired) electrons. The van der Waals surface area contributed by atoms with Crippen molar-refractivity contribution in [3.63, 3.8) is 0 Å². The van der Waals surface area contributed by atoms with Crippen LogP contribution in [0.2, 0.25) is 0 Å². The average Bonchev–Trinajstić information content (AvgIpc) is 2.83. The Morgan fingerprint density at radius 1 is 1.44 bits per heavy atom. The molecule has 2 N–H and O–H groups in total. The minimum absolute atomic E-state index is 0.441. The van der Waals surface area contributed by atoms with Crippen molar-refractivity contribution >= 4 is 16.5 Å². The van der Waals surface area contributed by atoms with Gasteiger partial charge in [0.25, 0.3) is 0 Å². The van der Waals surface area contributed by atoms with Gasteiger partial charge in [-0.3, -0.25) is 0 Å². The minimum Gasteiger partial charge on any atom is -0.381 e. The molecular formula is C13H23N3OS. The van der Waals surface area contributed by atoms with E-state index in [1.165, 1.54) is 4.88 Å². The van der Waals surface area contributed by atoms with Gasteiger partial charge in [0.1, 0.15) is 0 Å². The molecule has 0 aromatic carbocycles. The van der Waals surface area contributed by atoms with Crippen molar-refractivity contribution in [2.24, 2.45) is 5.73 Å². The minimum atomic E-state index is 0.441. The van der Waals surface area contributed by atoms with Crippen LogP contribution < -0.4 is 10.6 Å². The van der Waals surface area contributed by atoms with E-state index in [0.717, 1.165) is 36.9 Å². The van der Waals surface area contributed by atoms with Crippen LogP contribution in [0.5, 0.6) is 0 Å². The van der Waals surface area contributed by atoms with Crippen LogP contribution in [0.1, 0.15) is 43.2 Å². The number of rotatable bonds is 4. The molecule has 0 amide bonds. The van der Waals surface area contributed by atoms with E-state index >= 15 is 0 Å². The summed E-state index contributed by atoms with van der Waals surface area (Å²) in [4.78, 5) is 8.30. The van der Waals surface area contributed by atoms with Crippen LogP contribution in [-0.4, -0.2) is 31.3 Å². The Morgan fingerprint density at radius 2 is 2.11 bits per heavy atom. The van der Waals surface area contributed by atoms with Gasteiger partial charge in [-0.05, 0) is 18.8 Å². The lowest BCUT2D eigenvalue weighted by molar-refractivity contribution is 0.0855. The predicted octanol–water partition coefficient (Wildman–Crippen LogP) is 2.34. The lowest BCUT2D eigenvalue weighted by Gasteiger charge is -2.30. The van der Waals surface area contributed by atoms with Crippen molar-refractivity contribution in [3.05, 3.63) is 10.6 Å². The van der Waals surface area contributed by atoms with Crippen LogP contribution in [0.15, 0.2) is 0 Å². The number of nitrogens with two attached hydrogens (primary N) is 1. The van der Waals surface area contributed by atoms with Gasteiger partial charge in [0.15, 0.2) is 5.13 Å². The smallest absolute Gasteiger partial charge is 0.185 e. The summed E-state index contributed by atoms with van der Waals surface area (Å²) in [5, 5.41) is 1.10. The SMILES string of the molecule is CC(C)c1nc(N(C)C2CCOCC2)sc1CN. The topological polar surface area (TPSA) is 51.4 Å². The molecule has 5 heteroatoms. The van der Waals surface area contributed by atoms with Gasteiger partial charge in [-0.1, -0.05) is 13.8 Å². The molecule has 0 aliphatic carbocycles. The number of ether oxygens (including phenoxy) is 1. The summed E-state index contributed by atoms with van der Waals surface area (Å²) in [7, 11) is 2.14. The van der Waals surface area contributed by atoms with Crippen molar-refractivity contribution in [2.45, 2.75) is 45.2 Å². The zero-order valence-electron chi connectivity index (χ0n) is 11.5. The Hall–Kier alpha value is -0.650. The van der Waals surface area contributed by atoms with Crippen LogP contribution in [0.3, 0.4) is 0 Å². The Morgan fingerprint density at radius 3 is 2.61 bits per heavy atom. The molecule has 18 heavy (non-hydrogen) atoms. The summed E-state index contributed by atoms with van der Waals surface area (Å²) in [6.45, 7) is 6.66. The molecule has 0 unspecified atom stereocenters. The summed E-state index contributed by atoms with van der Waals surface area (Å²) in [5.74, 6) is 0.441. The second-order valence-electron chi connectivity index (χ2n) is 5.12. The number of anilines is 1. The number of aromatic nitrogens is 1. The molecule has 4 nitrogen and oxygen atoms in total. The van der Waals surface area contributed by atoms with Crippen LogP contribution in [0.25, 0.3) is 0 Å². The largest absolute Gasteiger partial charge is 0.381 e. The van der Waals surface area contributed by atoms with Gasteiger partial charge >= 0.3 is 0 Å². The lowest BCUT2D eigenvalue weighted by Crippen LogP contribution is -2.36. The molecule has 1 fully saturated rings. The highest BCUT2D eigenvalue weighted by molar-refractivity contribution is 7.15.